The Bertz CT molecular complexity index is 273. The zero-order chi connectivity index (χ0) is 13.1. The van der Waals surface area contributed by atoms with Crippen molar-refractivity contribution < 1.29 is 9.53 Å². The SMILES string of the molecule is CCC1(N)CCCN(C(=O)OC(C)(C)C)CC1. The first-order valence-corrected chi connectivity index (χ1v) is 6.52. The van der Waals surface area contributed by atoms with Crippen molar-refractivity contribution in [3.05, 3.63) is 0 Å². The molecule has 1 aliphatic rings. The van der Waals surface area contributed by atoms with Crippen LogP contribution in [0.25, 0.3) is 0 Å². The molecule has 0 radical (unpaired) electrons. The fourth-order valence-corrected chi connectivity index (χ4v) is 2.08. The van der Waals surface area contributed by atoms with Gasteiger partial charge in [0.05, 0.1) is 0 Å². The lowest BCUT2D eigenvalue weighted by Gasteiger charge is -2.28. The van der Waals surface area contributed by atoms with E-state index in [2.05, 4.69) is 6.92 Å². The summed E-state index contributed by atoms with van der Waals surface area (Å²) >= 11 is 0. The van der Waals surface area contributed by atoms with Crippen LogP contribution >= 0.6 is 0 Å². The Morgan fingerprint density at radius 1 is 1.35 bits per heavy atom. The van der Waals surface area contributed by atoms with E-state index in [0.29, 0.717) is 6.54 Å². The van der Waals surface area contributed by atoms with Gasteiger partial charge in [-0.2, -0.15) is 0 Å². The topological polar surface area (TPSA) is 55.6 Å². The zero-order valence-electron chi connectivity index (χ0n) is 11.6. The zero-order valence-corrected chi connectivity index (χ0v) is 11.6. The largest absolute Gasteiger partial charge is 0.444 e. The third-order valence-electron chi connectivity index (χ3n) is 3.34. The second kappa shape index (κ2) is 5.25. The van der Waals surface area contributed by atoms with Gasteiger partial charge in [-0.15, -0.1) is 0 Å². The second-order valence-corrected chi connectivity index (χ2v) is 6.04. The molecule has 1 unspecified atom stereocenters. The van der Waals surface area contributed by atoms with Gasteiger partial charge in [-0.25, -0.2) is 4.79 Å². The first-order valence-electron chi connectivity index (χ1n) is 6.52. The van der Waals surface area contributed by atoms with E-state index in [1.807, 2.05) is 20.8 Å². The minimum atomic E-state index is -0.423. The first-order chi connectivity index (χ1) is 7.76. The van der Waals surface area contributed by atoms with E-state index >= 15 is 0 Å². The van der Waals surface area contributed by atoms with Crippen LogP contribution in [0.3, 0.4) is 0 Å². The van der Waals surface area contributed by atoms with E-state index in [-0.39, 0.29) is 11.6 Å². The van der Waals surface area contributed by atoms with Crippen LogP contribution in [-0.2, 0) is 4.74 Å². The number of carbonyl (C=O) groups excluding carboxylic acids is 1. The van der Waals surface area contributed by atoms with Crippen LogP contribution in [0, 0.1) is 0 Å². The lowest BCUT2D eigenvalue weighted by atomic mass is 9.89. The van der Waals surface area contributed by atoms with Crippen LogP contribution in [0.4, 0.5) is 4.79 Å². The Labute approximate surface area is 104 Å². The standard InChI is InChI=1S/C13H26N2O2/c1-5-13(14)7-6-9-15(10-8-13)11(16)17-12(2,3)4/h5-10,14H2,1-4H3. The number of nitrogens with zero attached hydrogens (tertiary/aromatic N) is 1. The molecule has 4 nitrogen and oxygen atoms in total. The van der Waals surface area contributed by atoms with E-state index in [9.17, 15) is 4.79 Å². The van der Waals surface area contributed by atoms with Gasteiger partial charge in [0.25, 0.3) is 0 Å². The predicted molar refractivity (Wildman–Crippen MR) is 68.9 cm³/mol. The number of likely N-dealkylation sites (tertiary alicyclic amines) is 1. The average molecular weight is 242 g/mol. The van der Waals surface area contributed by atoms with E-state index < -0.39 is 5.60 Å². The van der Waals surface area contributed by atoms with Gasteiger partial charge in [0.15, 0.2) is 0 Å². The molecule has 1 amide bonds. The molecule has 1 heterocycles. The third-order valence-corrected chi connectivity index (χ3v) is 3.34. The Morgan fingerprint density at radius 2 is 2.00 bits per heavy atom. The highest BCUT2D eigenvalue weighted by molar-refractivity contribution is 5.68. The fourth-order valence-electron chi connectivity index (χ4n) is 2.08. The van der Waals surface area contributed by atoms with Crippen molar-refractivity contribution in [2.24, 2.45) is 5.73 Å². The van der Waals surface area contributed by atoms with Crippen molar-refractivity contribution in [1.82, 2.24) is 4.90 Å². The van der Waals surface area contributed by atoms with Crippen molar-refractivity contribution in [3.8, 4) is 0 Å². The molecule has 4 heteroatoms. The third kappa shape index (κ3) is 4.54. The Balaban J connectivity index is 2.54. The molecular formula is C13H26N2O2. The molecule has 1 fully saturated rings. The smallest absolute Gasteiger partial charge is 0.410 e. The van der Waals surface area contributed by atoms with Crippen LogP contribution in [0.1, 0.15) is 53.4 Å². The van der Waals surface area contributed by atoms with Gasteiger partial charge in [-0.1, -0.05) is 6.92 Å². The number of nitrogens with two attached hydrogens (primary N) is 1. The van der Waals surface area contributed by atoms with Crippen LogP contribution in [0.5, 0.6) is 0 Å². The summed E-state index contributed by atoms with van der Waals surface area (Å²) in [5.41, 5.74) is 5.75. The molecule has 1 saturated heterocycles. The summed E-state index contributed by atoms with van der Waals surface area (Å²) in [6, 6.07) is 0. The van der Waals surface area contributed by atoms with Crippen molar-refractivity contribution in [3.63, 3.8) is 0 Å². The van der Waals surface area contributed by atoms with E-state index in [1.54, 1.807) is 4.90 Å². The molecule has 1 aliphatic heterocycles. The molecule has 0 aliphatic carbocycles. The van der Waals surface area contributed by atoms with Crippen LogP contribution < -0.4 is 5.73 Å². The van der Waals surface area contributed by atoms with Gasteiger partial charge in [0.1, 0.15) is 5.60 Å². The highest BCUT2D eigenvalue weighted by atomic mass is 16.6. The van der Waals surface area contributed by atoms with Gasteiger partial charge in [0, 0.05) is 18.6 Å². The molecule has 0 aromatic carbocycles. The fraction of sp³-hybridized carbons (Fsp3) is 0.923. The predicted octanol–water partition coefficient (Wildman–Crippen LogP) is 2.51. The molecule has 0 spiro atoms. The summed E-state index contributed by atoms with van der Waals surface area (Å²) in [4.78, 5) is 13.7. The summed E-state index contributed by atoms with van der Waals surface area (Å²) in [6.45, 7) is 9.25. The lowest BCUT2D eigenvalue weighted by Crippen LogP contribution is -2.41. The van der Waals surface area contributed by atoms with Crippen molar-refractivity contribution in [1.29, 1.82) is 0 Å². The Morgan fingerprint density at radius 3 is 2.53 bits per heavy atom. The maximum Gasteiger partial charge on any atom is 0.410 e. The second-order valence-electron chi connectivity index (χ2n) is 6.04. The molecule has 0 saturated carbocycles. The van der Waals surface area contributed by atoms with Gasteiger partial charge in [-0.05, 0) is 46.5 Å². The molecule has 0 bridgehead atoms. The summed E-state index contributed by atoms with van der Waals surface area (Å²) in [5, 5.41) is 0. The number of hydrogen-bond acceptors (Lipinski definition) is 3. The minimum absolute atomic E-state index is 0.100. The molecule has 0 aromatic heterocycles. The van der Waals surface area contributed by atoms with Crippen molar-refractivity contribution in [2.45, 2.75) is 64.5 Å². The van der Waals surface area contributed by atoms with Gasteiger partial charge < -0.3 is 15.4 Å². The molecule has 17 heavy (non-hydrogen) atoms. The average Bonchev–Trinajstić information content (AvgIpc) is 2.39. The number of carbonyl (C=O) groups is 1. The van der Waals surface area contributed by atoms with Gasteiger partial charge in [-0.3, -0.25) is 0 Å². The normalized spacial score (nSPS) is 26.5. The summed E-state index contributed by atoms with van der Waals surface area (Å²) in [5.74, 6) is 0. The molecule has 1 rings (SSSR count). The van der Waals surface area contributed by atoms with E-state index in [1.165, 1.54) is 0 Å². The van der Waals surface area contributed by atoms with E-state index in [0.717, 1.165) is 32.2 Å². The number of amides is 1. The molecular weight excluding hydrogens is 216 g/mol. The summed E-state index contributed by atoms with van der Waals surface area (Å²) in [6.07, 6.45) is 3.57. The maximum absolute atomic E-state index is 11.9. The maximum atomic E-state index is 11.9. The first kappa shape index (κ1) is 14.3. The van der Waals surface area contributed by atoms with Gasteiger partial charge in [0.2, 0.25) is 0 Å². The molecule has 1 atom stereocenters. The highest BCUT2D eigenvalue weighted by Gasteiger charge is 2.30. The molecule has 0 aromatic rings. The van der Waals surface area contributed by atoms with Crippen molar-refractivity contribution >= 4 is 6.09 Å². The summed E-state index contributed by atoms with van der Waals surface area (Å²) < 4.78 is 5.38. The van der Waals surface area contributed by atoms with Crippen molar-refractivity contribution in [2.75, 3.05) is 13.1 Å². The monoisotopic (exact) mass is 242 g/mol. The molecule has 2 N–H and O–H groups in total. The Hall–Kier alpha value is -0.770. The number of ether oxygens (including phenoxy) is 1. The van der Waals surface area contributed by atoms with Crippen LogP contribution in [0.2, 0.25) is 0 Å². The quantitative estimate of drug-likeness (QED) is 0.768. The number of rotatable bonds is 1. The highest BCUT2D eigenvalue weighted by Crippen LogP contribution is 2.23. The van der Waals surface area contributed by atoms with E-state index in [4.69, 9.17) is 10.5 Å². The molecule has 100 valence electrons. The van der Waals surface area contributed by atoms with Crippen LogP contribution in [-0.4, -0.2) is 35.2 Å². The minimum Gasteiger partial charge on any atom is -0.444 e. The number of hydrogen-bond donors (Lipinski definition) is 1. The van der Waals surface area contributed by atoms with Crippen LogP contribution in [0.15, 0.2) is 0 Å². The Kier molecular flexibility index (Phi) is 4.42. The van der Waals surface area contributed by atoms with Gasteiger partial charge >= 0.3 is 6.09 Å². The lowest BCUT2D eigenvalue weighted by molar-refractivity contribution is 0.0254. The summed E-state index contributed by atoms with van der Waals surface area (Å²) in [7, 11) is 0.